The highest BCUT2D eigenvalue weighted by molar-refractivity contribution is 7.89. The molecule has 2 heterocycles. The number of nitrogens with two attached hydrogens (primary N) is 1. The molecule has 1 fully saturated rings. The average molecular weight is 314 g/mol. The molecule has 1 aliphatic rings. The van der Waals surface area contributed by atoms with Gasteiger partial charge < -0.3 is 10.5 Å². The van der Waals surface area contributed by atoms with E-state index in [9.17, 15) is 8.42 Å². The number of nitrogens with one attached hydrogen (secondary N) is 1. The van der Waals surface area contributed by atoms with Gasteiger partial charge in [0.25, 0.3) is 10.0 Å². The summed E-state index contributed by atoms with van der Waals surface area (Å²) in [5.74, 6) is 0. The number of nitrogens with zero attached hydrogens (tertiary/aromatic N) is 2. The molecule has 7 nitrogen and oxygen atoms in total. The first kappa shape index (κ1) is 16.3. The molecule has 3 N–H and O–H groups in total. The number of sulfonamides is 1. The van der Waals surface area contributed by atoms with E-state index in [1.54, 1.807) is 6.07 Å². The second kappa shape index (κ2) is 7.28. The normalized spacial score (nSPS) is 20.6. The molecule has 0 spiro atoms. The summed E-state index contributed by atoms with van der Waals surface area (Å²) < 4.78 is 32.4. The summed E-state index contributed by atoms with van der Waals surface area (Å²) in [6.45, 7) is 5.86. The third-order valence-corrected chi connectivity index (χ3v) is 4.82. The summed E-state index contributed by atoms with van der Waals surface area (Å²) >= 11 is 0. The maximum absolute atomic E-state index is 12.2. The molecule has 0 amide bonds. The number of likely N-dealkylation sites (N-methyl/N-ethyl adjacent to an activating group) is 1. The van der Waals surface area contributed by atoms with Crippen LogP contribution in [0, 0.1) is 0 Å². The number of aromatic nitrogens is 1. The van der Waals surface area contributed by atoms with Crippen LogP contribution in [-0.4, -0.2) is 57.2 Å². The van der Waals surface area contributed by atoms with Crippen molar-refractivity contribution in [3.63, 3.8) is 0 Å². The van der Waals surface area contributed by atoms with Gasteiger partial charge in [-0.15, -0.1) is 0 Å². The fourth-order valence-electron chi connectivity index (χ4n) is 2.16. The monoisotopic (exact) mass is 314 g/mol. The molecular formula is C13H22N4O3S. The molecule has 1 unspecified atom stereocenters. The van der Waals surface area contributed by atoms with E-state index in [0.29, 0.717) is 13.2 Å². The van der Waals surface area contributed by atoms with Crippen LogP contribution in [0.5, 0.6) is 0 Å². The molecule has 8 heteroatoms. The van der Waals surface area contributed by atoms with Gasteiger partial charge in [0, 0.05) is 32.4 Å². The SMILES string of the molecule is CCN1CCOC(CNS(=O)(=O)c2ccc(CN)cn2)C1. The molecule has 1 aromatic rings. The highest BCUT2D eigenvalue weighted by Gasteiger charge is 2.22. The van der Waals surface area contributed by atoms with Crippen LogP contribution in [0.25, 0.3) is 0 Å². The Kier molecular flexibility index (Phi) is 5.65. The van der Waals surface area contributed by atoms with Crippen molar-refractivity contribution in [2.24, 2.45) is 5.73 Å². The second-order valence-electron chi connectivity index (χ2n) is 4.95. The zero-order valence-corrected chi connectivity index (χ0v) is 13.0. The van der Waals surface area contributed by atoms with Crippen molar-refractivity contribution in [2.45, 2.75) is 24.6 Å². The highest BCUT2D eigenvalue weighted by Crippen LogP contribution is 2.08. The lowest BCUT2D eigenvalue weighted by molar-refractivity contribution is -0.0229. The largest absolute Gasteiger partial charge is 0.374 e. The van der Waals surface area contributed by atoms with E-state index < -0.39 is 10.0 Å². The zero-order chi connectivity index (χ0) is 15.3. The van der Waals surface area contributed by atoms with Crippen LogP contribution in [0.3, 0.4) is 0 Å². The molecular weight excluding hydrogens is 292 g/mol. The lowest BCUT2D eigenvalue weighted by Gasteiger charge is -2.32. The van der Waals surface area contributed by atoms with Gasteiger partial charge in [-0.25, -0.2) is 18.1 Å². The first-order valence-electron chi connectivity index (χ1n) is 7.03. The Morgan fingerprint density at radius 3 is 2.95 bits per heavy atom. The maximum Gasteiger partial charge on any atom is 0.258 e. The van der Waals surface area contributed by atoms with Crippen molar-refractivity contribution >= 4 is 10.0 Å². The van der Waals surface area contributed by atoms with Gasteiger partial charge in [-0.3, -0.25) is 4.90 Å². The van der Waals surface area contributed by atoms with E-state index in [-0.39, 0.29) is 17.7 Å². The summed E-state index contributed by atoms with van der Waals surface area (Å²) in [4.78, 5) is 6.17. The fraction of sp³-hybridized carbons (Fsp3) is 0.615. The Morgan fingerprint density at radius 2 is 2.33 bits per heavy atom. The first-order chi connectivity index (χ1) is 10.0. The molecule has 2 rings (SSSR count). The molecule has 1 atom stereocenters. The van der Waals surface area contributed by atoms with Gasteiger partial charge in [-0.1, -0.05) is 13.0 Å². The van der Waals surface area contributed by atoms with Gasteiger partial charge >= 0.3 is 0 Å². The molecule has 21 heavy (non-hydrogen) atoms. The Labute approximate surface area is 125 Å². The lowest BCUT2D eigenvalue weighted by atomic mass is 10.3. The van der Waals surface area contributed by atoms with Crippen molar-refractivity contribution in [3.05, 3.63) is 23.9 Å². The average Bonchev–Trinajstić information content (AvgIpc) is 2.53. The number of pyridine rings is 1. The van der Waals surface area contributed by atoms with E-state index in [4.69, 9.17) is 10.5 Å². The first-order valence-corrected chi connectivity index (χ1v) is 8.52. The zero-order valence-electron chi connectivity index (χ0n) is 12.2. The molecule has 0 radical (unpaired) electrons. The minimum atomic E-state index is -3.61. The van der Waals surface area contributed by atoms with Gasteiger partial charge in [-0.05, 0) is 18.2 Å². The van der Waals surface area contributed by atoms with Crippen molar-refractivity contribution in [1.82, 2.24) is 14.6 Å². The van der Waals surface area contributed by atoms with Crippen LogP contribution in [0.4, 0.5) is 0 Å². The van der Waals surface area contributed by atoms with Gasteiger partial charge in [0.2, 0.25) is 0 Å². The molecule has 0 bridgehead atoms. The van der Waals surface area contributed by atoms with Gasteiger partial charge in [0.15, 0.2) is 5.03 Å². The lowest BCUT2D eigenvalue weighted by Crippen LogP contribution is -2.47. The molecule has 1 aromatic heterocycles. The summed E-state index contributed by atoms with van der Waals surface area (Å²) in [6, 6.07) is 3.13. The molecule has 0 saturated carbocycles. The van der Waals surface area contributed by atoms with Crippen molar-refractivity contribution in [2.75, 3.05) is 32.8 Å². The Bertz CT molecular complexity index is 547. The number of hydrogen-bond donors (Lipinski definition) is 2. The van der Waals surface area contributed by atoms with E-state index in [1.807, 2.05) is 0 Å². The van der Waals surface area contributed by atoms with Crippen molar-refractivity contribution in [1.29, 1.82) is 0 Å². The highest BCUT2D eigenvalue weighted by atomic mass is 32.2. The van der Waals surface area contributed by atoms with E-state index in [1.165, 1.54) is 12.3 Å². The van der Waals surface area contributed by atoms with Crippen LogP contribution < -0.4 is 10.5 Å². The van der Waals surface area contributed by atoms with Crippen LogP contribution >= 0.6 is 0 Å². The number of hydrogen-bond acceptors (Lipinski definition) is 6. The molecule has 1 saturated heterocycles. The molecule has 118 valence electrons. The van der Waals surface area contributed by atoms with E-state index in [2.05, 4.69) is 21.5 Å². The van der Waals surface area contributed by atoms with Gasteiger partial charge in [-0.2, -0.15) is 0 Å². The minimum absolute atomic E-state index is 0.00265. The predicted molar refractivity (Wildman–Crippen MR) is 79.2 cm³/mol. The molecule has 0 aromatic carbocycles. The van der Waals surface area contributed by atoms with Gasteiger partial charge in [0.05, 0.1) is 12.7 Å². The Hall–Kier alpha value is -1.06. The van der Waals surface area contributed by atoms with E-state index >= 15 is 0 Å². The minimum Gasteiger partial charge on any atom is -0.374 e. The summed E-state index contributed by atoms with van der Waals surface area (Å²) in [5.41, 5.74) is 6.26. The molecule has 0 aliphatic carbocycles. The fourth-order valence-corrected chi connectivity index (χ4v) is 3.15. The molecule has 1 aliphatic heterocycles. The number of rotatable bonds is 6. The van der Waals surface area contributed by atoms with Crippen LogP contribution in [0.2, 0.25) is 0 Å². The van der Waals surface area contributed by atoms with E-state index in [0.717, 1.165) is 25.2 Å². The third kappa shape index (κ3) is 4.45. The number of morpholine rings is 1. The summed E-state index contributed by atoms with van der Waals surface area (Å²) in [7, 11) is -3.61. The Morgan fingerprint density at radius 1 is 1.52 bits per heavy atom. The summed E-state index contributed by atoms with van der Waals surface area (Å²) in [5, 5.41) is 0.00265. The van der Waals surface area contributed by atoms with Crippen LogP contribution in [0.1, 0.15) is 12.5 Å². The van der Waals surface area contributed by atoms with Crippen LogP contribution in [0.15, 0.2) is 23.4 Å². The van der Waals surface area contributed by atoms with Crippen LogP contribution in [-0.2, 0) is 21.3 Å². The number of ether oxygens (including phenoxy) is 1. The topological polar surface area (TPSA) is 97.5 Å². The summed E-state index contributed by atoms with van der Waals surface area (Å²) in [6.07, 6.45) is 1.35. The van der Waals surface area contributed by atoms with Crippen molar-refractivity contribution in [3.8, 4) is 0 Å². The second-order valence-corrected chi connectivity index (χ2v) is 6.66. The Balaban J connectivity index is 1.94. The maximum atomic E-state index is 12.2. The third-order valence-electron chi connectivity index (χ3n) is 3.48. The quantitative estimate of drug-likeness (QED) is 0.737. The van der Waals surface area contributed by atoms with Crippen molar-refractivity contribution < 1.29 is 13.2 Å². The smallest absolute Gasteiger partial charge is 0.258 e. The predicted octanol–water partition coefficient (Wildman–Crippen LogP) is -0.461. The van der Waals surface area contributed by atoms with Gasteiger partial charge in [0.1, 0.15) is 0 Å². The standard InChI is InChI=1S/C13H22N4O3S/c1-2-17-5-6-20-12(10-17)9-16-21(18,19)13-4-3-11(7-14)8-15-13/h3-4,8,12,16H,2,5-7,9-10,14H2,1H3.